The number of hydrogen-bond acceptors (Lipinski definition) is 6. The molecule has 14 heteroatoms. The summed E-state index contributed by atoms with van der Waals surface area (Å²) in [5.74, 6) is -3.00. The lowest BCUT2D eigenvalue weighted by Crippen LogP contribution is -2.41. The first-order valence-corrected chi connectivity index (χ1v) is 14.9. The van der Waals surface area contributed by atoms with Gasteiger partial charge in [0.25, 0.3) is 5.91 Å². The van der Waals surface area contributed by atoms with E-state index in [0.717, 1.165) is 47.0 Å². The normalized spacial score (nSPS) is 15.4. The van der Waals surface area contributed by atoms with Gasteiger partial charge in [-0.1, -0.05) is 0 Å². The first kappa shape index (κ1) is 31.6. The van der Waals surface area contributed by atoms with Gasteiger partial charge in [0.05, 0.1) is 16.3 Å². The van der Waals surface area contributed by atoms with E-state index in [1.54, 1.807) is 29.5 Å². The highest BCUT2D eigenvalue weighted by atomic mass is 32.2. The van der Waals surface area contributed by atoms with E-state index in [1.165, 1.54) is 4.88 Å². The van der Waals surface area contributed by atoms with Gasteiger partial charge in [0.2, 0.25) is 10.0 Å². The van der Waals surface area contributed by atoms with Crippen molar-refractivity contribution in [3.8, 4) is 11.1 Å². The molecule has 3 heterocycles. The monoisotopic (exact) mass is 602 g/mol. The maximum absolute atomic E-state index is 12.5. The van der Waals surface area contributed by atoms with E-state index >= 15 is 0 Å². The van der Waals surface area contributed by atoms with Crippen LogP contribution in [0.25, 0.3) is 22.0 Å². The van der Waals surface area contributed by atoms with E-state index in [4.69, 9.17) is 15.6 Å². The summed E-state index contributed by atoms with van der Waals surface area (Å²) in [6.45, 7) is 5.34. The number of primary amides is 1. The number of amides is 1. The molecule has 0 bridgehead atoms. The van der Waals surface area contributed by atoms with Gasteiger partial charge in [0.15, 0.2) is 0 Å². The fourth-order valence-corrected chi connectivity index (χ4v) is 6.92. The molecule has 0 spiro atoms. The van der Waals surface area contributed by atoms with Crippen LogP contribution in [0.4, 0.5) is 13.2 Å². The molecule has 0 unspecified atom stereocenters. The number of H-pyrrole nitrogens is 1. The lowest BCUT2D eigenvalue weighted by molar-refractivity contribution is -0.192. The third-order valence-corrected chi connectivity index (χ3v) is 9.84. The van der Waals surface area contributed by atoms with Crippen LogP contribution < -0.4 is 5.73 Å². The van der Waals surface area contributed by atoms with Gasteiger partial charge < -0.3 is 20.7 Å². The van der Waals surface area contributed by atoms with E-state index in [2.05, 4.69) is 27.4 Å². The van der Waals surface area contributed by atoms with Crippen molar-refractivity contribution in [1.29, 1.82) is 0 Å². The molecular formula is C26H33F3N4O5S2. The second kappa shape index (κ2) is 12.3. The van der Waals surface area contributed by atoms with Crippen molar-refractivity contribution in [1.82, 2.24) is 14.2 Å². The summed E-state index contributed by atoms with van der Waals surface area (Å²) >= 11 is 1.70. The number of sulfonamides is 1. The number of carbonyl (C=O) groups is 2. The van der Waals surface area contributed by atoms with Crippen LogP contribution in [0.5, 0.6) is 0 Å². The number of nitrogens with zero attached hydrogens (tertiary/aromatic N) is 2. The zero-order valence-electron chi connectivity index (χ0n) is 22.6. The number of nitrogens with one attached hydrogen (secondary N) is 1. The highest BCUT2D eigenvalue weighted by Gasteiger charge is 2.38. The van der Waals surface area contributed by atoms with Crippen LogP contribution in [0.3, 0.4) is 0 Å². The third-order valence-electron chi connectivity index (χ3n) is 6.64. The summed E-state index contributed by atoms with van der Waals surface area (Å²) in [4.78, 5) is 27.8. The molecule has 0 atom stereocenters. The van der Waals surface area contributed by atoms with Gasteiger partial charge in [-0.2, -0.15) is 13.2 Å². The van der Waals surface area contributed by atoms with Crippen molar-refractivity contribution in [2.45, 2.75) is 50.6 Å². The summed E-state index contributed by atoms with van der Waals surface area (Å²) in [7, 11) is 0.844. The Kier molecular flexibility index (Phi) is 9.70. The number of aromatic amines is 1. The number of benzene rings is 1. The van der Waals surface area contributed by atoms with Gasteiger partial charge in [0.1, 0.15) is 0 Å². The fourth-order valence-electron chi connectivity index (χ4n) is 4.60. The van der Waals surface area contributed by atoms with E-state index < -0.39 is 33.3 Å². The summed E-state index contributed by atoms with van der Waals surface area (Å²) in [6, 6.07) is 6.16. The number of alkyl halides is 3. The average Bonchev–Trinajstić information content (AvgIpc) is 3.50. The molecule has 4 rings (SSSR count). The molecule has 1 fully saturated rings. The lowest BCUT2D eigenvalue weighted by Gasteiger charge is -2.32. The second-order valence-electron chi connectivity index (χ2n) is 10.2. The van der Waals surface area contributed by atoms with Crippen LogP contribution in [0.2, 0.25) is 0 Å². The highest BCUT2D eigenvalue weighted by Crippen LogP contribution is 2.38. The molecule has 0 saturated carbocycles. The number of carboxylic acids is 1. The number of halogens is 3. The number of fused-ring (bicyclic) bond motifs is 1. The molecular weight excluding hydrogens is 569 g/mol. The van der Waals surface area contributed by atoms with E-state index in [0.29, 0.717) is 18.7 Å². The Bertz CT molecular complexity index is 1470. The minimum absolute atomic E-state index is 0.222. The van der Waals surface area contributed by atoms with Crippen molar-refractivity contribution < 1.29 is 36.3 Å². The van der Waals surface area contributed by atoms with Crippen molar-refractivity contribution in [2.24, 2.45) is 5.73 Å². The Labute approximate surface area is 234 Å². The Morgan fingerprint density at radius 1 is 1.18 bits per heavy atom. The predicted octanol–water partition coefficient (Wildman–Crippen LogP) is 4.61. The number of carbonyl (C=O) groups excluding carboxylic acids is 1. The number of nitrogens with two attached hydrogens (primary N) is 1. The molecule has 1 aromatic carbocycles. The molecule has 1 amide bonds. The molecule has 1 aliphatic rings. The number of rotatable bonds is 7. The van der Waals surface area contributed by atoms with Crippen LogP contribution in [0.15, 0.2) is 29.8 Å². The van der Waals surface area contributed by atoms with E-state index in [1.807, 2.05) is 26.4 Å². The van der Waals surface area contributed by atoms with Gasteiger partial charge in [-0.15, -0.1) is 11.3 Å². The third kappa shape index (κ3) is 7.22. The van der Waals surface area contributed by atoms with E-state index in [-0.39, 0.29) is 5.92 Å². The molecule has 4 N–H and O–H groups in total. The fraction of sp³-hybridized carbons (Fsp3) is 0.462. The molecule has 3 aromatic rings. The maximum Gasteiger partial charge on any atom is 0.490 e. The lowest BCUT2D eigenvalue weighted by atomic mass is 9.88. The first-order chi connectivity index (χ1) is 18.5. The number of aromatic nitrogens is 1. The van der Waals surface area contributed by atoms with Crippen LogP contribution in [0.1, 0.15) is 53.4 Å². The quantitative estimate of drug-likeness (QED) is 0.361. The first-order valence-electron chi connectivity index (χ1n) is 12.5. The van der Waals surface area contributed by atoms with Crippen LogP contribution in [0, 0.1) is 0 Å². The molecule has 1 saturated heterocycles. The topological polar surface area (TPSA) is 137 Å². The molecule has 0 aliphatic carbocycles. The zero-order valence-corrected chi connectivity index (χ0v) is 24.2. The van der Waals surface area contributed by atoms with Gasteiger partial charge in [-0.05, 0) is 87.0 Å². The number of thiophene rings is 1. The van der Waals surface area contributed by atoms with Crippen molar-refractivity contribution in [3.05, 3.63) is 45.8 Å². The minimum atomic E-state index is -5.08. The number of piperidine rings is 1. The summed E-state index contributed by atoms with van der Waals surface area (Å²) in [5, 5.41) is 9.82. The van der Waals surface area contributed by atoms with Crippen molar-refractivity contribution >= 4 is 44.1 Å². The predicted molar refractivity (Wildman–Crippen MR) is 149 cm³/mol. The molecule has 9 nitrogen and oxygen atoms in total. The summed E-state index contributed by atoms with van der Waals surface area (Å²) in [5.41, 5.74) is 10.1. The van der Waals surface area contributed by atoms with Crippen LogP contribution >= 0.6 is 11.3 Å². The van der Waals surface area contributed by atoms with Gasteiger partial charge in [-0.25, -0.2) is 17.5 Å². The number of aliphatic carboxylic acids is 1. The largest absolute Gasteiger partial charge is 0.490 e. The molecule has 0 radical (unpaired) electrons. The van der Waals surface area contributed by atoms with E-state index in [9.17, 15) is 26.4 Å². The molecule has 40 heavy (non-hydrogen) atoms. The summed E-state index contributed by atoms with van der Waals surface area (Å²) in [6.07, 6.45) is -1.62. The Morgan fingerprint density at radius 3 is 2.27 bits per heavy atom. The second-order valence-corrected chi connectivity index (χ2v) is 13.6. The summed E-state index contributed by atoms with van der Waals surface area (Å²) < 4.78 is 58.4. The van der Waals surface area contributed by atoms with Crippen LogP contribution in [-0.2, 0) is 21.4 Å². The van der Waals surface area contributed by atoms with Gasteiger partial charge in [-0.3, -0.25) is 4.79 Å². The maximum atomic E-state index is 12.5. The Balaban J connectivity index is 0.000000559. The van der Waals surface area contributed by atoms with Crippen LogP contribution in [-0.4, -0.2) is 78.2 Å². The zero-order chi connectivity index (χ0) is 30.0. The Morgan fingerprint density at radius 2 is 1.77 bits per heavy atom. The number of carboxylic acid groups (broad SMARTS) is 1. The van der Waals surface area contributed by atoms with Crippen molar-refractivity contribution in [2.75, 3.05) is 27.2 Å². The highest BCUT2D eigenvalue weighted by molar-refractivity contribution is 7.89. The number of hydrogen-bond donors (Lipinski definition) is 3. The standard InChI is InChI=1S/C24H32N4O3S2.C2HF3O2/c1-15(2)33(30,31)28-7-5-16(6-8-28)22-12-26-23-20(22)10-17(11-21(23)24(25)29)18-9-19(32-14-18)13-27(3)4;3-2(4,5)1(6)7/h9-12,14-16,26H,5-8,13H2,1-4H3,(H2,25,29);(H,6,7). The molecule has 2 aromatic heterocycles. The van der Waals surface area contributed by atoms with Gasteiger partial charge >= 0.3 is 12.1 Å². The minimum Gasteiger partial charge on any atom is -0.475 e. The molecule has 1 aliphatic heterocycles. The smallest absolute Gasteiger partial charge is 0.475 e. The van der Waals surface area contributed by atoms with Crippen molar-refractivity contribution in [3.63, 3.8) is 0 Å². The SMILES string of the molecule is CC(C)S(=O)(=O)N1CCC(c2c[nH]c3c(C(N)=O)cc(-c4csc(CN(C)C)c4)cc23)CC1.O=C(O)C(F)(F)F. The Hall–Kier alpha value is -2.94. The molecule has 220 valence electrons. The van der Waals surface area contributed by atoms with Gasteiger partial charge in [0, 0.05) is 36.1 Å². The average molecular weight is 603 g/mol.